The molecule has 0 aliphatic rings. The molecule has 0 saturated carbocycles. The van der Waals surface area contributed by atoms with Gasteiger partial charge in [-0.2, -0.15) is 4.39 Å². The van der Waals surface area contributed by atoms with Crippen LogP contribution in [-0.2, 0) is 4.79 Å². The molecular formula is C10H8ClFO2. The lowest BCUT2D eigenvalue weighted by Crippen LogP contribution is -1.97. The van der Waals surface area contributed by atoms with Crippen molar-refractivity contribution in [1.82, 2.24) is 0 Å². The normalized spacial score (nSPS) is 12.2. The lowest BCUT2D eigenvalue weighted by atomic mass is 10.1. The van der Waals surface area contributed by atoms with Crippen molar-refractivity contribution in [2.45, 2.75) is 6.92 Å². The maximum Gasteiger partial charge on any atom is 0.365 e. The molecule has 14 heavy (non-hydrogen) atoms. The molecule has 1 aromatic rings. The summed E-state index contributed by atoms with van der Waals surface area (Å²) < 4.78 is 13.0. The van der Waals surface area contributed by atoms with E-state index >= 15 is 0 Å². The number of allylic oxidation sites excluding steroid dienone is 1. The highest BCUT2D eigenvalue weighted by Gasteiger charge is 2.11. The van der Waals surface area contributed by atoms with E-state index in [0.29, 0.717) is 10.6 Å². The molecule has 0 unspecified atom stereocenters. The first-order valence-electron chi connectivity index (χ1n) is 3.88. The minimum absolute atomic E-state index is 0.0918. The number of hydrogen-bond donors (Lipinski definition) is 1. The second-order valence-electron chi connectivity index (χ2n) is 2.75. The Hall–Kier alpha value is -1.35. The van der Waals surface area contributed by atoms with Crippen molar-refractivity contribution in [2.24, 2.45) is 0 Å². The van der Waals surface area contributed by atoms with Crippen LogP contribution in [0.4, 0.5) is 4.39 Å². The van der Waals surface area contributed by atoms with Gasteiger partial charge in [0.05, 0.1) is 0 Å². The van der Waals surface area contributed by atoms with Crippen LogP contribution in [0.3, 0.4) is 0 Å². The molecule has 0 heterocycles. The first-order valence-corrected chi connectivity index (χ1v) is 4.26. The first-order chi connectivity index (χ1) is 6.52. The standard InChI is InChI=1S/C10H8ClFO2/c1-6(9(12)10(13)14)7-2-4-8(11)5-3-7/h2-5H,1H3,(H,13,14). The largest absolute Gasteiger partial charge is 0.476 e. The zero-order valence-corrected chi connectivity index (χ0v) is 8.18. The summed E-state index contributed by atoms with van der Waals surface area (Å²) in [6.07, 6.45) is 0. The number of halogens is 2. The van der Waals surface area contributed by atoms with Crippen molar-refractivity contribution < 1.29 is 14.3 Å². The molecule has 0 aromatic heterocycles. The Morgan fingerprint density at radius 2 is 1.86 bits per heavy atom. The predicted octanol–water partition coefficient (Wildman–Crippen LogP) is 3.13. The van der Waals surface area contributed by atoms with Crippen molar-refractivity contribution in [1.29, 1.82) is 0 Å². The number of carboxylic acid groups (broad SMARTS) is 1. The Kier molecular flexibility index (Phi) is 3.25. The summed E-state index contributed by atoms with van der Waals surface area (Å²) in [6.45, 7) is 1.41. The van der Waals surface area contributed by atoms with E-state index in [4.69, 9.17) is 16.7 Å². The zero-order valence-electron chi connectivity index (χ0n) is 7.42. The monoisotopic (exact) mass is 214 g/mol. The summed E-state index contributed by atoms with van der Waals surface area (Å²) in [5.41, 5.74) is 0.600. The molecule has 2 nitrogen and oxygen atoms in total. The quantitative estimate of drug-likeness (QED) is 0.768. The van der Waals surface area contributed by atoms with Gasteiger partial charge in [-0.25, -0.2) is 4.79 Å². The van der Waals surface area contributed by atoms with Gasteiger partial charge in [0.15, 0.2) is 0 Å². The maximum atomic E-state index is 13.0. The molecular weight excluding hydrogens is 207 g/mol. The van der Waals surface area contributed by atoms with Crippen LogP contribution in [0.5, 0.6) is 0 Å². The van der Waals surface area contributed by atoms with Crippen LogP contribution < -0.4 is 0 Å². The fourth-order valence-corrected chi connectivity index (χ4v) is 1.11. The SMILES string of the molecule is CC(=C(F)C(=O)O)c1ccc(Cl)cc1. The van der Waals surface area contributed by atoms with Crippen molar-refractivity contribution >= 4 is 23.1 Å². The summed E-state index contributed by atoms with van der Waals surface area (Å²) in [5.74, 6) is -2.70. The van der Waals surface area contributed by atoms with Gasteiger partial charge in [-0.1, -0.05) is 23.7 Å². The van der Waals surface area contributed by atoms with E-state index in [1.807, 2.05) is 0 Å². The second kappa shape index (κ2) is 4.24. The van der Waals surface area contributed by atoms with E-state index in [0.717, 1.165) is 0 Å². The Morgan fingerprint density at radius 1 is 1.36 bits per heavy atom. The molecule has 0 amide bonds. The first kappa shape index (κ1) is 10.7. The number of hydrogen-bond acceptors (Lipinski definition) is 1. The van der Waals surface area contributed by atoms with Crippen molar-refractivity contribution in [2.75, 3.05) is 0 Å². The molecule has 0 atom stereocenters. The number of carboxylic acids is 1. The molecule has 0 bridgehead atoms. The molecule has 0 aliphatic heterocycles. The molecule has 0 saturated heterocycles. The minimum atomic E-state index is -1.56. The van der Waals surface area contributed by atoms with E-state index in [1.165, 1.54) is 6.92 Å². The summed E-state index contributed by atoms with van der Waals surface area (Å²) >= 11 is 5.63. The average molecular weight is 215 g/mol. The van der Waals surface area contributed by atoms with Gasteiger partial charge in [0.1, 0.15) is 0 Å². The zero-order chi connectivity index (χ0) is 10.7. The van der Waals surface area contributed by atoms with Gasteiger partial charge < -0.3 is 5.11 Å². The van der Waals surface area contributed by atoms with Crippen LogP contribution in [0.2, 0.25) is 5.02 Å². The number of benzene rings is 1. The van der Waals surface area contributed by atoms with Gasteiger partial charge in [-0.05, 0) is 30.2 Å². The van der Waals surface area contributed by atoms with Crippen LogP contribution in [-0.4, -0.2) is 11.1 Å². The molecule has 0 spiro atoms. The van der Waals surface area contributed by atoms with E-state index in [2.05, 4.69) is 0 Å². The molecule has 4 heteroatoms. The highest BCUT2D eigenvalue weighted by Crippen LogP contribution is 2.21. The number of rotatable bonds is 2. The lowest BCUT2D eigenvalue weighted by molar-refractivity contribution is -0.134. The van der Waals surface area contributed by atoms with Crippen LogP contribution in [0.1, 0.15) is 12.5 Å². The molecule has 74 valence electrons. The van der Waals surface area contributed by atoms with Crippen LogP contribution in [0.25, 0.3) is 5.57 Å². The topological polar surface area (TPSA) is 37.3 Å². The molecule has 1 N–H and O–H groups in total. The summed E-state index contributed by atoms with van der Waals surface area (Å²) in [7, 11) is 0. The van der Waals surface area contributed by atoms with Crippen molar-refractivity contribution in [3.8, 4) is 0 Å². The van der Waals surface area contributed by atoms with Gasteiger partial charge in [0.2, 0.25) is 5.83 Å². The van der Waals surface area contributed by atoms with Crippen molar-refractivity contribution in [3.63, 3.8) is 0 Å². The molecule has 0 aliphatic carbocycles. The molecule has 0 radical (unpaired) electrons. The predicted molar refractivity (Wildman–Crippen MR) is 52.8 cm³/mol. The van der Waals surface area contributed by atoms with Gasteiger partial charge in [0.25, 0.3) is 0 Å². The van der Waals surface area contributed by atoms with E-state index in [-0.39, 0.29) is 5.57 Å². The Morgan fingerprint density at radius 3 is 2.29 bits per heavy atom. The Balaban J connectivity index is 3.12. The van der Waals surface area contributed by atoms with Crippen LogP contribution >= 0.6 is 11.6 Å². The average Bonchev–Trinajstić information content (AvgIpc) is 2.16. The fourth-order valence-electron chi connectivity index (χ4n) is 0.987. The van der Waals surface area contributed by atoms with Crippen LogP contribution in [0.15, 0.2) is 30.1 Å². The summed E-state index contributed by atoms with van der Waals surface area (Å²) in [6, 6.07) is 6.30. The second-order valence-corrected chi connectivity index (χ2v) is 3.19. The summed E-state index contributed by atoms with van der Waals surface area (Å²) in [4.78, 5) is 10.3. The third-order valence-corrected chi connectivity index (χ3v) is 2.05. The smallest absolute Gasteiger partial charge is 0.365 e. The third kappa shape index (κ3) is 2.33. The minimum Gasteiger partial charge on any atom is -0.476 e. The van der Waals surface area contributed by atoms with Gasteiger partial charge in [-0.3, -0.25) is 0 Å². The molecule has 0 fully saturated rings. The fraction of sp³-hybridized carbons (Fsp3) is 0.100. The highest BCUT2D eigenvalue weighted by molar-refractivity contribution is 6.30. The lowest BCUT2D eigenvalue weighted by Gasteiger charge is -2.01. The van der Waals surface area contributed by atoms with E-state index < -0.39 is 11.8 Å². The van der Waals surface area contributed by atoms with Crippen LogP contribution in [0, 0.1) is 0 Å². The Bertz CT molecular complexity index is 382. The highest BCUT2D eigenvalue weighted by atomic mass is 35.5. The number of carbonyl (C=O) groups is 1. The van der Waals surface area contributed by atoms with Crippen molar-refractivity contribution in [3.05, 3.63) is 40.7 Å². The summed E-state index contributed by atoms with van der Waals surface area (Å²) in [5, 5.41) is 8.93. The molecule has 1 rings (SSSR count). The maximum absolute atomic E-state index is 13.0. The molecule has 1 aromatic carbocycles. The van der Waals surface area contributed by atoms with E-state index in [1.54, 1.807) is 24.3 Å². The van der Waals surface area contributed by atoms with E-state index in [9.17, 15) is 9.18 Å². The van der Waals surface area contributed by atoms with Gasteiger partial charge in [0, 0.05) is 5.02 Å². The van der Waals surface area contributed by atoms with Gasteiger partial charge in [-0.15, -0.1) is 0 Å². The number of aliphatic carboxylic acids is 1. The Labute approximate surface area is 85.6 Å². The van der Waals surface area contributed by atoms with Gasteiger partial charge >= 0.3 is 5.97 Å². The third-order valence-electron chi connectivity index (χ3n) is 1.79.